The third-order valence-corrected chi connectivity index (χ3v) is 3.07. The number of hydrogen-bond acceptors (Lipinski definition) is 2. The third kappa shape index (κ3) is 3.74. The van der Waals surface area contributed by atoms with Crippen LogP contribution in [0.1, 0.15) is 39.2 Å². The van der Waals surface area contributed by atoms with Gasteiger partial charge in [0.2, 0.25) is 0 Å². The molecule has 0 spiro atoms. The zero-order chi connectivity index (χ0) is 12.5. The Morgan fingerprint density at radius 2 is 2.00 bits per heavy atom. The summed E-state index contributed by atoms with van der Waals surface area (Å²) in [7, 11) is 0. The molecule has 0 atom stereocenters. The highest BCUT2D eigenvalue weighted by atomic mass is 16.5. The minimum Gasteiger partial charge on any atom is -0.490 e. The molecule has 0 unspecified atom stereocenters. The SMILES string of the molecule is CC(C)(C)Cc1cccc(O[C@H]2C[C@H](N)C2)c1. The molecule has 0 bridgehead atoms. The van der Waals surface area contributed by atoms with Gasteiger partial charge in [0, 0.05) is 6.04 Å². The summed E-state index contributed by atoms with van der Waals surface area (Å²) in [6.07, 6.45) is 3.39. The largest absolute Gasteiger partial charge is 0.490 e. The smallest absolute Gasteiger partial charge is 0.119 e. The molecule has 1 aliphatic rings. The third-order valence-electron chi connectivity index (χ3n) is 3.07. The predicted octanol–water partition coefficient (Wildman–Crippen LogP) is 3.14. The Balaban J connectivity index is 1.96. The van der Waals surface area contributed by atoms with Crippen LogP contribution in [0.2, 0.25) is 0 Å². The molecule has 2 heteroatoms. The highest BCUT2D eigenvalue weighted by Gasteiger charge is 2.27. The molecule has 2 rings (SSSR count). The number of hydrogen-bond donors (Lipinski definition) is 1. The van der Waals surface area contributed by atoms with Crippen LogP contribution < -0.4 is 10.5 Å². The Morgan fingerprint density at radius 3 is 2.59 bits per heavy atom. The van der Waals surface area contributed by atoms with Gasteiger partial charge in [-0.2, -0.15) is 0 Å². The van der Waals surface area contributed by atoms with Gasteiger partial charge >= 0.3 is 0 Å². The summed E-state index contributed by atoms with van der Waals surface area (Å²) in [5.74, 6) is 0.989. The van der Waals surface area contributed by atoms with E-state index >= 15 is 0 Å². The van der Waals surface area contributed by atoms with Crippen LogP contribution in [0.25, 0.3) is 0 Å². The second kappa shape index (κ2) is 4.69. The molecular weight excluding hydrogens is 210 g/mol. The zero-order valence-electron chi connectivity index (χ0n) is 11.1. The van der Waals surface area contributed by atoms with Crippen molar-refractivity contribution in [3.8, 4) is 5.75 Å². The summed E-state index contributed by atoms with van der Waals surface area (Å²) >= 11 is 0. The summed E-state index contributed by atoms with van der Waals surface area (Å²) in [6, 6.07) is 8.79. The lowest BCUT2D eigenvalue weighted by Gasteiger charge is -2.32. The fraction of sp³-hybridized carbons (Fsp3) is 0.600. The van der Waals surface area contributed by atoms with E-state index < -0.39 is 0 Å². The second-order valence-electron chi connectivity index (χ2n) is 6.36. The number of ether oxygens (including phenoxy) is 1. The van der Waals surface area contributed by atoms with Gasteiger partial charge in [0.1, 0.15) is 11.9 Å². The fourth-order valence-electron chi connectivity index (χ4n) is 2.24. The van der Waals surface area contributed by atoms with E-state index in [1.807, 2.05) is 6.07 Å². The lowest BCUT2D eigenvalue weighted by molar-refractivity contribution is 0.101. The summed E-state index contributed by atoms with van der Waals surface area (Å²) in [6.45, 7) is 6.77. The minimum atomic E-state index is 0.317. The Kier molecular flexibility index (Phi) is 3.43. The van der Waals surface area contributed by atoms with Crippen LogP contribution in [0.5, 0.6) is 5.75 Å². The summed E-state index contributed by atoms with van der Waals surface area (Å²) in [4.78, 5) is 0. The number of nitrogens with two attached hydrogens (primary N) is 1. The van der Waals surface area contributed by atoms with Gasteiger partial charge in [0.15, 0.2) is 0 Å². The fourth-order valence-corrected chi connectivity index (χ4v) is 2.24. The average Bonchev–Trinajstić information content (AvgIpc) is 2.13. The molecule has 2 N–H and O–H groups in total. The van der Waals surface area contributed by atoms with Crippen molar-refractivity contribution in [1.82, 2.24) is 0 Å². The van der Waals surface area contributed by atoms with Crippen LogP contribution in [-0.4, -0.2) is 12.1 Å². The molecule has 0 saturated heterocycles. The number of benzene rings is 1. The van der Waals surface area contributed by atoms with E-state index in [0.717, 1.165) is 25.0 Å². The molecule has 0 heterocycles. The van der Waals surface area contributed by atoms with Crippen molar-refractivity contribution in [1.29, 1.82) is 0 Å². The standard InChI is InChI=1S/C15H23NO/c1-15(2,3)10-11-5-4-6-13(7-11)17-14-8-12(16)9-14/h4-7,12,14H,8-10,16H2,1-3H3/t12-,14-. The van der Waals surface area contributed by atoms with E-state index in [4.69, 9.17) is 10.5 Å². The Bertz CT molecular complexity index is 375. The van der Waals surface area contributed by atoms with E-state index in [0.29, 0.717) is 17.6 Å². The number of rotatable bonds is 3. The van der Waals surface area contributed by atoms with Crippen LogP contribution >= 0.6 is 0 Å². The predicted molar refractivity (Wildman–Crippen MR) is 71.2 cm³/mol. The van der Waals surface area contributed by atoms with Crippen molar-refractivity contribution < 1.29 is 4.74 Å². The first-order valence-corrected chi connectivity index (χ1v) is 6.43. The van der Waals surface area contributed by atoms with E-state index in [9.17, 15) is 0 Å². The molecule has 0 aromatic heterocycles. The Hall–Kier alpha value is -1.02. The van der Waals surface area contributed by atoms with Gasteiger partial charge in [-0.05, 0) is 42.4 Å². The van der Waals surface area contributed by atoms with Crippen LogP contribution in [0, 0.1) is 5.41 Å². The molecule has 1 aromatic carbocycles. The van der Waals surface area contributed by atoms with Crippen molar-refractivity contribution >= 4 is 0 Å². The lowest BCUT2D eigenvalue weighted by Crippen LogP contribution is -2.43. The molecule has 17 heavy (non-hydrogen) atoms. The highest BCUT2D eigenvalue weighted by molar-refractivity contribution is 5.29. The molecule has 2 nitrogen and oxygen atoms in total. The van der Waals surface area contributed by atoms with E-state index in [2.05, 4.69) is 39.0 Å². The van der Waals surface area contributed by atoms with Crippen LogP contribution in [-0.2, 0) is 6.42 Å². The minimum absolute atomic E-state index is 0.317. The molecule has 1 fully saturated rings. The van der Waals surface area contributed by atoms with Gasteiger partial charge in [-0.15, -0.1) is 0 Å². The maximum absolute atomic E-state index is 5.90. The van der Waals surface area contributed by atoms with Crippen LogP contribution in [0.4, 0.5) is 0 Å². The molecule has 1 saturated carbocycles. The van der Waals surface area contributed by atoms with Crippen molar-refractivity contribution in [2.45, 2.75) is 52.2 Å². The first-order chi connectivity index (χ1) is 7.92. The molecule has 0 aliphatic heterocycles. The van der Waals surface area contributed by atoms with Gasteiger partial charge in [-0.1, -0.05) is 32.9 Å². The molecule has 1 aliphatic carbocycles. The maximum atomic E-state index is 5.90. The van der Waals surface area contributed by atoms with Gasteiger partial charge in [-0.25, -0.2) is 0 Å². The van der Waals surface area contributed by atoms with Gasteiger partial charge in [0.25, 0.3) is 0 Å². The van der Waals surface area contributed by atoms with Crippen molar-refractivity contribution in [3.05, 3.63) is 29.8 Å². The molecule has 94 valence electrons. The first-order valence-electron chi connectivity index (χ1n) is 6.43. The van der Waals surface area contributed by atoms with Gasteiger partial charge < -0.3 is 10.5 Å². The van der Waals surface area contributed by atoms with Crippen LogP contribution in [0.3, 0.4) is 0 Å². The molecule has 0 radical (unpaired) electrons. The average molecular weight is 233 g/mol. The second-order valence-corrected chi connectivity index (χ2v) is 6.36. The van der Waals surface area contributed by atoms with Gasteiger partial charge in [0.05, 0.1) is 0 Å². The Labute approximate surface area is 104 Å². The van der Waals surface area contributed by atoms with Crippen molar-refractivity contribution in [3.63, 3.8) is 0 Å². The van der Waals surface area contributed by atoms with Crippen molar-refractivity contribution in [2.75, 3.05) is 0 Å². The highest BCUT2D eigenvalue weighted by Crippen LogP contribution is 2.27. The van der Waals surface area contributed by atoms with E-state index in [-0.39, 0.29) is 0 Å². The zero-order valence-corrected chi connectivity index (χ0v) is 11.1. The Morgan fingerprint density at radius 1 is 1.29 bits per heavy atom. The lowest BCUT2D eigenvalue weighted by atomic mass is 9.88. The summed E-state index contributed by atoms with van der Waals surface area (Å²) < 4.78 is 5.90. The van der Waals surface area contributed by atoms with Crippen molar-refractivity contribution in [2.24, 2.45) is 11.1 Å². The molecular formula is C15H23NO. The molecule has 0 amide bonds. The van der Waals surface area contributed by atoms with E-state index in [1.54, 1.807) is 0 Å². The topological polar surface area (TPSA) is 35.2 Å². The normalized spacial score (nSPS) is 24.2. The maximum Gasteiger partial charge on any atom is 0.119 e. The monoisotopic (exact) mass is 233 g/mol. The summed E-state index contributed by atoms with van der Waals surface area (Å²) in [5.41, 5.74) is 7.42. The quantitative estimate of drug-likeness (QED) is 0.870. The van der Waals surface area contributed by atoms with Crippen LogP contribution in [0.15, 0.2) is 24.3 Å². The first kappa shape index (κ1) is 12.4. The summed E-state index contributed by atoms with van der Waals surface area (Å²) in [5, 5.41) is 0. The van der Waals surface area contributed by atoms with E-state index in [1.165, 1.54) is 5.56 Å². The van der Waals surface area contributed by atoms with Gasteiger partial charge in [-0.3, -0.25) is 0 Å². The molecule has 1 aromatic rings.